The standard InChI is InChI=1S/C18H34O2/c1-9-16(3,4)15(19)20-13(2)12-14-10-11-17(5,6)18(14,7)8/h13-14H,9-12H2,1-8H3. The van der Waals surface area contributed by atoms with Crippen molar-refractivity contribution in [3.05, 3.63) is 0 Å². The molecule has 1 aliphatic rings. The van der Waals surface area contributed by atoms with Crippen molar-refractivity contribution in [3.8, 4) is 0 Å². The summed E-state index contributed by atoms with van der Waals surface area (Å²) in [7, 11) is 0. The minimum Gasteiger partial charge on any atom is -0.462 e. The fourth-order valence-corrected chi connectivity index (χ4v) is 3.12. The second-order valence-electron chi connectivity index (χ2n) is 8.53. The fourth-order valence-electron chi connectivity index (χ4n) is 3.12. The molecule has 0 bridgehead atoms. The van der Waals surface area contributed by atoms with Gasteiger partial charge in [-0.2, -0.15) is 0 Å². The van der Waals surface area contributed by atoms with Crippen molar-refractivity contribution >= 4 is 5.97 Å². The average Bonchev–Trinajstić information content (AvgIpc) is 2.51. The normalized spacial score (nSPS) is 26.3. The monoisotopic (exact) mass is 282 g/mol. The van der Waals surface area contributed by atoms with E-state index in [-0.39, 0.29) is 17.5 Å². The molecule has 2 unspecified atom stereocenters. The summed E-state index contributed by atoms with van der Waals surface area (Å²) < 4.78 is 5.69. The Morgan fingerprint density at radius 1 is 1.30 bits per heavy atom. The lowest BCUT2D eigenvalue weighted by Gasteiger charge is -2.40. The number of rotatable bonds is 5. The SMILES string of the molecule is CCC(C)(C)C(=O)OC(C)CC1CCC(C)(C)C1(C)C. The molecule has 20 heavy (non-hydrogen) atoms. The quantitative estimate of drug-likeness (QED) is 0.647. The molecule has 1 saturated carbocycles. The highest BCUT2D eigenvalue weighted by atomic mass is 16.5. The molecular formula is C18H34O2. The van der Waals surface area contributed by atoms with E-state index in [0.29, 0.717) is 16.7 Å². The van der Waals surface area contributed by atoms with E-state index >= 15 is 0 Å². The molecule has 2 atom stereocenters. The molecule has 0 aromatic heterocycles. The largest absolute Gasteiger partial charge is 0.462 e. The second-order valence-corrected chi connectivity index (χ2v) is 8.53. The first kappa shape index (κ1) is 17.5. The average molecular weight is 282 g/mol. The number of carbonyl (C=O) groups excluding carboxylic acids is 1. The van der Waals surface area contributed by atoms with Gasteiger partial charge in [0.05, 0.1) is 11.5 Å². The number of hydrogen-bond donors (Lipinski definition) is 0. The summed E-state index contributed by atoms with van der Waals surface area (Å²) in [5.74, 6) is 0.590. The third kappa shape index (κ3) is 3.38. The highest BCUT2D eigenvalue weighted by Crippen LogP contribution is 2.57. The highest BCUT2D eigenvalue weighted by molar-refractivity contribution is 5.75. The maximum absolute atomic E-state index is 12.1. The van der Waals surface area contributed by atoms with Gasteiger partial charge >= 0.3 is 5.97 Å². The van der Waals surface area contributed by atoms with E-state index in [2.05, 4.69) is 27.7 Å². The van der Waals surface area contributed by atoms with Crippen LogP contribution in [0.4, 0.5) is 0 Å². The maximum atomic E-state index is 12.1. The Bertz CT molecular complexity index is 352. The van der Waals surface area contributed by atoms with Gasteiger partial charge in [-0.05, 0) is 63.2 Å². The molecule has 118 valence electrons. The van der Waals surface area contributed by atoms with Gasteiger partial charge in [0.25, 0.3) is 0 Å². The van der Waals surface area contributed by atoms with Crippen LogP contribution in [0.15, 0.2) is 0 Å². The Kier molecular flexibility index (Phi) is 4.99. The van der Waals surface area contributed by atoms with Crippen molar-refractivity contribution in [1.82, 2.24) is 0 Å². The lowest BCUT2D eigenvalue weighted by atomic mass is 9.66. The van der Waals surface area contributed by atoms with Gasteiger partial charge < -0.3 is 4.74 Å². The van der Waals surface area contributed by atoms with Crippen molar-refractivity contribution < 1.29 is 9.53 Å². The molecule has 1 aliphatic carbocycles. The minimum absolute atomic E-state index is 0.0199. The van der Waals surface area contributed by atoms with Crippen LogP contribution in [0.2, 0.25) is 0 Å². The Hall–Kier alpha value is -0.530. The Morgan fingerprint density at radius 2 is 1.85 bits per heavy atom. The smallest absolute Gasteiger partial charge is 0.311 e. The molecule has 0 saturated heterocycles. The summed E-state index contributed by atoms with van der Waals surface area (Å²) in [6.45, 7) is 17.5. The molecule has 0 aromatic carbocycles. The van der Waals surface area contributed by atoms with Crippen LogP contribution in [0, 0.1) is 22.2 Å². The topological polar surface area (TPSA) is 26.3 Å². The molecule has 0 aliphatic heterocycles. The first-order valence-electron chi connectivity index (χ1n) is 8.15. The van der Waals surface area contributed by atoms with Gasteiger partial charge in [0.1, 0.15) is 0 Å². The van der Waals surface area contributed by atoms with Gasteiger partial charge in [0, 0.05) is 0 Å². The van der Waals surface area contributed by atoms with Crippen LogP contribution < -0.4 is 0 Å². The van der Waals surface area contributed by atoms with Crippen LogP contribution in [0.3, 0.4) is 0 Å². The lowest BCUT2D eigenvalue weighted by Crippen LogP contribution is -2.35. The van der Waals surface area contributed by atoms with Gasteiger partial charge in [0.15, 0.2) is 0 Å². The molecule has 1 fully saturated rings. The summed E-state index contributed by atoms with van der Waals surface area (Å²) in [5.41, 5.74) is 0.330. The molecule has 1 rings (SSSR count). The minimum atomic E-state index is -0.362. The van der Waals surface area contributed by atoms with Crippen LogP contribution in [0.25, 0.3) is 0 Å². The maximum Gasteiger partial charge on any atom is 0.311 e. The number of ether oxygens (including phenoxy) is 1. The van der Waals surface area contributed by atoms with Crippen LogP contribution in [-0.4, -0.2) is 12.1 Å². The van der Waals surface area contributed by atoms with E-state index in [1.807, 2.05) is 27.7 Å². The number of esters is 1. The van der Waals surface area contributed by atoms with Gasteiger partial charge in [0.2, 0.25) is 0 Å². The van der Waals surface area contributed by atoms with E-state index in [1.54, 1.807) is 0 Å². The van der Waals surface area contributed by atoms with Crippen LogP contribution >= 0.6 is 0 Å². The predicted molar refractivity (Wildman–Crippen MR) is 84.5 cm³/mol. The molecule has 2 nitrogen and oxygen atoms in total. The highest BCUT2D eigenvalue weighted by Gasteiger charge is 2.48. The van der Waals surface area contributed by atoms with E-state index in [1.165, 1.54) is 12.8 Å². The summed E-state index contributed by atoms with van der Waals surface area (Å²) >= 11 is 0. The van der Waals surface area contributed by atoms with E-state index < -0.39 is 0 Å². The van der Waals surface area contributed by atoms with Crippen molar-refractivity contribution in [2.75, 3.05) is 0 Å². The fraction of sp³-hybridized carbons (Fsp3) is 0.944. The number of carbonyl (C=O) groups is 1. The lowest BCUT2D eigenvalue weighted by molar-refractivity contribution is -0.160. The zero-order chi connectivity index (χ0) is 15.8. The molecule has 0 N–H and O–H groups in total. The Balaban J connectivity index is 2.60. The van der Waals surface area contributed by atoms with Crippen molar-refractivity contribution in [3.63, 3.8) is 0 Å². The van der Waals surface area contributed by atoms with E-state index in [9.17, 15) is 4.79 Å². The zero-order valence-electron chi connectivity index (χ0n) is 14.8. The van der Waals surface area contributed by atoms with E-state index in [4.69, 9.17) is 4.74 Å². The van der Waals surface area contributed by atoms with Gasteiger partial charge in [-0.3, -0.25) is 4.79 Å². The summed E-state index contributed by atoms with van der Waals surface area (Å²) in [5, 5.41) is 0. The van der Waals surface area contributed by atoms with Crippen LogP contribution in [0.1, 0.15) is 81.1 Å². The van der Waals surface area contributed by atoms with Crippen LogP contribution in [0.5, 0.6) is 0 Å². The number of hydrogen-bond acceptors (Lipinski definition) is 2. The Labute approximate surface area is 125 Å². The molecule has 0 heterocycles. The third-order valence-corrected chi connectivity index (χ3v) is 6.24. The first-order chi connectivity index (χ1) is 8.94. The summed E-state index contributed by atoms with van der Waals surface area (Å²) in [6, 6.07) is 0. The van der Waals surface area contributed by atoms with Crippen molar-refractivity contribution in [2.24, 2.45) is 22.2 Å². The first-order valence-corrected chi connectivity index (χ1v) is 8.15. The van der Waals surface area contributed by atoms with Gasteiger partial charge in [-0.15, -0.1) is 0 Å². The molecular weight excluding hydrogens is 248 g/mol. The van der Waals surface area contributed by atoms with E-state index in [0.717, 1.165) is 12.8 Å². The predicted octanol–water partition coefficient (Wildman–Crippen LogP) is 5.21. The Morgan fingerprint density at radius 3 is 2.25 bits per heavy atom. The summed E-state index contributed by atoms with van der Waals surface area (Å²) in [6.07, 6.45) is 4.35. The molecule has 0 spiro atoms. The third-order valence-electron chi connectivity index (χ3n) is 6.24. The summed E-state index contributed by atoms with van der Waals surface area (Å²) in [4.78, 5) is 12.1. The molecule has 0 aromatic rings. The molecule has 2 heteroatoms. The molecule has 0 amide bonds. The van der Waals surface area contributed by atoms with Crippen LogP contribution in [-0.2, 0) is 9.53 Å². The van der Waals surface area contributed by atoms with Crippen molar-refractivity contribution in [2.45, 2.75) is 87.2 Å². The second kappa shape index (κ2) is 5.69. The van der Waals surface area contributed by atoms with Gasteiger partial charge in [-0.1, -0.05) is 34.6 Å². The molecule has 0 radical (unpaired) electrons. The zero-order valence-corrected chi connectivity index (χ0v) is 14.8. The van der Waals surface area contributed by atoms with Crippen molar-refractivity contribution in [1.29, 1.82) is 0 Å². The van der Waals surface area contributed by atoms with Gasteiger partial charge in [-0.25, -0.2) is 0 Å².